The van der Waals surface area contributed by atoms with E-state index >= 15 is 0 Å². The van der Waals surface area contributed by atoms with E-state index in [1.54, 1.807) is 12.4 Å². The van der Waals surface area contributed by atoms with Crippen LogP contribution in [0.15, 0.2) is 73.1 Å². The molecule has 1 heterocycles. The first-order valence-corrected chi connectivity index (χ1v) is 8.68. The van der Waals surface area contributed by atoms with Crippen molar-refractivity contribution < 1.29 is 9.59 Å². The molecule has 0 bridgehead atoms. The van der Waals surface area contributed by atoms with Gasteiger partial charge in [-0.3, -0.25) is 9.59 Å². The molecule has 0 aliphatic rings. The van der Waals surface area contributed by atoms with Crippen molar-refractivity contribution in [3.05, 3.63) is 78.6 Å². The third-order valence-corrected chi connectivity index (χ3v) is 3.85. The van der Waals surface area contributed by atoms with Gasteiger partial charge < -0.3 is 10.6 Å². The molecule has 6 heteroatoms. The molecule has 2 amide bonds. The fourth-order valence-electron chi connectivity index (χ4n) is 2.51. The second-order valence-corrected chi connectivity index (χ2v) is 5.97. The first-order valence-electron chi connectivity index (χ1n) is 8.68. The number of carbonyl (C=O) groups excluding carboxylic acids is 2. The number of aromatic nitrogens is 2. The molecule has 136 valence electrons. The molecule has 2 N–H and O–H groups in total. The average Bonchev–Trinajstić information content (AvgIpc) is 2.70. The van der Waals surface area contributed by atoms with Crippen molar-refractivity contribution >= 4 is 17.5 Å². The average molecular weight is 360 g/mol. The van der Waals surface area contributed by atoms with Gasteiger partial charge in [-0.05, 0) is 5.56 Å². The van der Waals surface area contributed by atoms with Crippen molar-refractivity contribution in [1.82, 2.24) is 15.3 Å². The van der Waals surface area contributed by atoms with Gasteiger partial charge in [0.05, 0.1) is 24.5 Å². The number of nitrogens with one attached hydrogen (secondary N) is 2. The van der Waals surface area contributed by atoms with Gasteiger partial charge in [0.2, 0.25) is 11.8 Å². The third-order valence-electron chi connectivity index (χ3n) is 3.85. The normalized spacial score (nSPS) is 10.2. The molecule has 0 saturated carbocycles. The van der Waals surface area contributed by atoms with Crippen molar-refractivity contribution in [2.45, 2.75) is 12.8 Å². The molecule has 1 aromatic heterocycles. The van der Waals surface area contributed by atoms with Gasteiger partial charge >= 0.3 is 0 Å². The molecule has 6 nitrogen and oxygen atoms in total. The molecule has 0 unspecified atom stereocenters. The van der Waals surface area contributed by atoms with Gasteiger partial charge in [0, 0.05) is 18.5 Å². The van der Waals surface area contributed by atoms with Gasteiger partial charge in [-0.2, -0.15) is 0 Å². The molecule has 2 aromatic carbocycles. The van der Waals surface area contributed by atoms with Crippen molar-refractivity contribution in [1.29, 1.82) is 0 Å². The quantitative estimate of drug-likeness (QED) is 0.679. The van der Waals surface area contributed by atoms with E-state index in [0.29, 0.717) is 17.9 Å². The lowest BCUT2D eigenvalue weighted by Gasteiger charge is -2.07. The molecule has 27 heavy (non-hydrogen) atoms. The van der Waals surface area contributed by atoms with E-state index in [1.807, 2.05) is 60.7 Å². The Kier molecular flexibility index (Phi) is 6.25. The maximum absolute atomic E-state index is 12.0. The van der Waals surface area contributed by atoms with E-state index < -0.39 is 0 Å². The lowest BCUT2D eigenvalue weighted by atomic mass is 10.1. The highest BCUT2D eigenvalue weighted by Gasteiger charge is 2.07. The maximum atomic E-state index is 12.0. The number of benzene rings is 2. The van der Waals surface area contributed by atoms with Gasteiger partial charge in [-0.1, -0.05) is 60.7 Å². The molecule has 0 radical (unpaired) electrons. The van der Waals surface area contributed by atoms with Crippen LogP contribution < -0.4 is 10.6 Å². The summed E-state index contributed by atoms with van der Waals surface area (Å²) in [6, 6.07) is 19.1. The largest absolute Gasteiger partial charge is 0.355 e. The predicted molar refractivity (Wildman–Crippen MR) is 104 cm³/mol. The molecule has 3 aromatic rings. The first kappa shape index (κ1) is 18.3. The molecule has 0 aliphatic heterocycles. The minimum atomic E-state index is -0.203. The predicted octanol–water partition coefficient (Wildman–Crippen LogP) is 2.83. The van der Waals surface area contributed by atoms with Crippen LogP contribution in [0.1, 0.15) is 12.0 Å². The van der Waals surface area contributed by atoms with Crippen molar-refractivity contribution in [3.8, 4) is 11.4 Å². The van der Waals surface area contributed by atoms with Crippen LogP contribution in [0, 0.1) is 0 Å². The van der Waals surface area contributed by atoms with Crippen molar-refractivity contribution in [3.63, 3.8) is 0 Å². The van der Waals surface area contributed by atoms with Gasteiger partial charge in [-0.15, -0.1) is 0 Å². The highest BCUT2D eigenvalue weighted by Crippen LogP contribution is 2.14. The Labute approximate surface area is 157 Å². The number of nitrogens with zero attached hydrogens (tertiary/aromatic N) is 2. The van der Waals surface area contributed by atoms with Gasteiger partial charge in [0.1, 0.15) is 0 Å². The molecule has 0 saturated heterocycles. The van der Waals surface area contributed by atoms with Crippen LogP contribution in [0.2, 0.25) is 0 Å². The number of carbonyl (C=O) groups is 2. The zero-order valence-corrected chi connectivity index (χ0v) is 14.8. The van der Waals surface area contributed by atoms with Crippen LogP contribution in [0.3, 0.4) is 0 Å². The summed E-state index contributed by atoms with van der Waals surface area (Å²) in [5, 5.41) is 5.48. The van der Waals surface area contributed by atoms with Crippen molar-refractivity contribution in [2.24, 2.45) is 0 Å². The SMILES string of the molecule is O=C(Cc1ccccc1)NCCC(=O)Nc1cnc(-c2ccccc2)nc1. The molecular weight excluding hydrogens is 340 g/mol. The zero-order chi connectivity index (χ0) is 18.9. The lowest BCUT2D eigenvalue weighted by Crippen LogP contribution is -2.28. The monoisotopic (exact) mass is 360 g/mol. The number of anilines is 1. The van der Waals surface area contributed by atoms with Gasteiger partial charge in [0.25, 0.3) is 0 Å². The van der Waals surface area contributed by atoms with E-state index in [0.717, 1.165) is 11.1 Å². The highest BCUT2D eigenvalue weighted by molar-refractivity contribution is 5.91. The zero-order valence-electron chi connectivity index (χ0n) is 14.8. The van der Waals surface area contributed by atoms with E-state index in [1.165, 1.54) is 0 Å². The Balaban J connectivity index is 1.42. The summed E-state index contributed by atoms with van der Waals surface area (Å²) < 4.78 is 0. The van der Waals surface area contributed by atoms with Crippen LogP contribution in [-0.2, 0) is 16.0 Å². The van der Waals surface area contributed by atoms with Crippen LogP contribution in [0.4, 0.5) is 5.69 Å². The summed E-state index contributed by atoms with van der Waals surface area (Å²) in [5.74, 6) is 0.289. The summed E-state index contributed by atoms with van der Waals surface area (Å²) in [4.78, 5) is 32.4. The van der Waals surface area contributed by atoms with Crippen LogP contribution >= 0.6 is 0 Å². The van der Waals surface area contributed by atoms with Gasteiger partial charge in [0.15, 0.2) is 5.82 Å². The second kappa shape index (κ2) is 9.24. The molecule has 0 aliphatic carbocycles. The topological polar surface area (TPSA) is 84.0 Å². The van der Waals surface area contributed by atoms with Crippen LogP contribution in [0.5, 0.6) is 0 Å². The van der Waals surface area contributed by atoms with E-state index in [-0.39, 0.29) is 24.8 Å². The van der Waals surface area contributed by atoms with Crippen LogP contribution in [0.25, 0.3) is 11.4 Å². The first-order chi connectivity index (χ1) is 13.2. The summed E-state index contributed by atoms with van der Waals surface area (Å²) in [6.07, 6.45) is 3.63. The number of hydrogen-bond donors (Lipinski definition) is 2. The smallest absolute Gasteiger partial charge is 0.226 e. The Morgan fingerprint density at radius 3 is 2.11 bits per heavy atom. The summed E-state index contributed by atoms with van der Waals surface area (Å²) in [7, 11) is 0. The van der Waals surface area contributed by atoms with E-state index in [9.17, 15) is 9.59 Å². The van der Waals surface area contributed by atoms with Crippen LogP contribution in [-0.4, -0.2) is 28.3 Å². The van der Waals surface area contributed by atoms with E-state index in [2.05, 4.69) is 20.6 Å². The lowest BCUT2D eigenvalue weighted by molar-refractivity contribution is -0.120. The maximum Gasteiger partial charge on any atom is 0.226 e. The number of amides is 2. The highest BCUT2D eigenvalue weighted by atomic mass is 16.2. The summed E-state index contributed by atoms with van der Waals surface area (Å²) in [5.41, 5.74) is 2.38. The Morgan fingerprint density at radius 2 is 1.44 bits per heavy atom. The number of hydrogen-bond acceptors (Lipinski definition) is 4. The second-order valence-electron chi connectivity index (χ2n) is 5.97. The third kappa shape index (κ3) is 5.74. The molecule has 3 rings (SSSR count). The fraction of sp³-hybridized carbons (Fsp3) is 0.143. The van der Waals surface area contributed by atoms with E-state index in [4.69, 9.17) is 0 Å². The molecule has 0 spiro atoms. The Bertz CT molecular complexity index is 881. The molecular formula is C21H20N4O2. The minimum Gasteiger partial charge on any atom is -0.355 e. The minimum absolute atomic E-state index is 0.107. The fourth-order valence-corrected chi connectivity index (χ4v) is 2.51. The Morgan fingerprint density at radius 1 is 0.815 bits per heavy atom. The molecule has 0 atom stereocenters. The van der Waals surface area contributed by atoms with Crippen molar-refractivity contribution in [2.75, 3.05) is 11.9 Å². The molecule has 0 fully saturated rings. The standard InChI is InChI=1S/C21H20N4O2/c26-19(11-12-22-20(27)13-16-7-3-1-4-8-16)25-18-14-23-21(24-15-18)17-9-5-2-6-10-17/h1-10,14-15H,11-13H2,(H,22,27)(H,25,26). The summed E-state index contributed by atoms with van der Waals surface area (Å²) >= 11 is 0. The summed E-state index contributed by atoms with van der Waals surface area (Å²) in [6.45, 7) is 0.278. The Hall–Kier alpha value is -3.54. The van der Waals surface area contributed by atoms with Gasteiger partial charge in [-0.25, -0.2) is 9.97 Å². The number of rotatable bonds is 7.